The van der Waals surface area contributed by atoms with E-state index < -0.39 is 25.1 Å². The first-order chi connectivity index (χ1) is 12.9. The second-order valence-corrected chi connectivity index (χ2v) is 10.6. The third-order valence-electron chi connectivity index (χ3n) is 4.77. The molecule has 144 valence electrons. The van der Waals surface area contributed by atoms with E-state index >= 15 is 0 Å². The van der Waals surface area contributed by atoms with E-state index in [2.05, 4.69) is 0 Å². The van der Waals surface area contributed by atoms with Crippen molar-refractivity contribution in [2.24, 2.45) is 0 Å². The highest BCUT2D eigenvalue weighted by atomic mass is 32.2. The van der Waals surface area contributed by atoms with Crippen molar-refractivity contribution < 1.29 is 26.3 Å². The van der Waals surface area contributed by atoms with E-state index in [1.54, 1.807) is 24.3 Å². The van der Waals surface area contributed by atoms with Crippen molar-refractivity contribution in [3.05, 3.63) is 48.5 Å². The maximum Gasteiger partial charge on any atom is 0.243 e. The minimum absolute atomic E-state index is 0.0615. The van der Waals surface area contributed by atoms with Gasteiger partial charge in [0.05, 0.1) is 15.0 Å². The second-order valence-electron chi connectivity index (χ2n) is 6.44. The number of hydrogen-bond donors (Lipinski definition) is 0. The van der Waals surface area contributed by atoms with Crippen LogP contribution in [0.2, 0.25) is 0 Å². The summed E-state index contributed by atoms with van der Waals surface area (Å²) < 4.78 is 63.6. The molecule has 0 aromatic heterocycles. The van der Waals surface area contributed by atoms with Gasteiger partial charge in [0, 0.05) is 19.2 Å². The Hall–Kier alpha value is -2.10. The summed E-state index contributed by atoms with van der Waals surface area (Å²) in [5, 5.41) is -0.758. The predicted molar refractivity (Wildman–Crippen MR) is 98.2 cm³/mol. The Morgan fingerprint density at radius 1 is 0.852 bits per heavy atom. The quantitative estimate of drug-likeness (QED) is 0.763. The van der Waals surface area contributed by atoms with Crippen LogP contribution in [0.15, 0.2) is 58.3 Å². The molecule has 2 heterocycles. The molecule has 0 aliphatic carbocycles. The Bertz CT molecular complexity index is 1050. The molecular formula is C18H19NO6S2. The molecule has 9 heteroatoms. The van der Waals surface area contributed by atoms with Gasteiger partial charge in [0.2, 0.25) is 10.0 Å². The van der Waals surface area contributed by atoms with Crippen molar-refractivity contribution in [2.45, 2.75) is 21.5 Å². The zero-order chi connectivity index (χ0) is 19.1. The summed E-state index contributed by atoms with van der Waals surface area (Å²) >= 11 is 0. The van der Waals surface area contributed by atoms with Crippen molar-refractivity contribution in [2.75, 3.05) is 26.3 Å². The standard InChI is InChI=1S/C18H19NO6S2/c20-26(21,14-4-2-1-3-5-14)16-8-9-19(13-16)27(22,23)15-6-7-17-18(12-15)25-11-10-24-17/h1-7,12,16H,8-11,13H2. The molecule has 1 saturated heterocycles. The summed E-state index contributed by atoms with van der Waals surface area (Å²) in [6.45, 7) is 0.878. The van der Waals surface area contributed by atoms with Gasteiger partial charge >= 0.3 is 0 Å². The van der Waals surface area contributed by atoms with Gasteiger partial charge in [-0.25, -0.2) is 16.8 Å². The van der Waals surface area contributed by atoms with Gasteiger partial charge in [0.15, 0.2) is 21.3 Å². The fourth-order valence-corrected chi connectivity index (χ4v) is 6.63. The van der Waals surface area contributed by atoms with Crippen LogP contribution in [0.25, 0.3) is 0 Å². The molecule has 2 aliphatic heterocycles. The van der Waals surface area contributed by atoms with Crippen molar-refractivity contribution in [1.82, 2.24) is 4.31 Å². The summed E-state index contributed by atoms with van der Waals surface area (Å²) in [7, 11) is -7.39. The molecular weight excluding hydrogens is 390 g/mol. The average Bonchev–Trinajstić information content (AvgIpc) is 3.20. The summed E-state index contributed by atoms with van der Waals surface area (Å²) in [4.78, 5) is 0.290. The van der Waals surface area contributed by atoms with Gasteiger partial charge in [0.25, 0.3) is 0 Å². The van der Waals surface area contributed by atoms with E-state index in [4.69, 9.17) is 9.47 Å². The van der Waals surface area contributed by atoms with Crippen molar-refractivity contribution in [1.29, 1.82) is 0 Å². The van der Waals surface area contributed by atoms with Gasteiger partial charge in [0.1, 0.15) is 13.2 Å². The largest absolute Gasteiger partial charge is 0.486 e. The van der Waals surface area contributed by atoms with Crippen LogP contribution in [0.4, 0.5) is 0 Å². The topological polar surface area (TPSA) is 90.0 Å². The second kappa shape index (κ2) is 6.81. The van der Waals surface area contributed by atoms with Gasteiger partial charge in [-0.2, -0.15) is 4.31 Å². The van der Waals surface area contributed by atoms with E-state index in [0.717, 1.165) is 0 Å². The molecule has 7 nitrogen and oxygen atoms in total. The molecule has 2 aromatic carbocycles. The maximum absolute atomic E-state index is 13.0. The molecule has 2 aliphatic rings. The minimum atomic E-state index is -3.81. The SMILES string of the molecule is O=S(=O)(c1ccccc1)C1CCN(S(=O)(=O)c2ccc3c(c2)OCCO3)C1. The fourth-order valence-electron chi connectivity index (χ4n) is 3.31. The number of benzene rings is 2. The predicted octanol–water partition coefficient (Wildman–Crippen LogP) is 1.69. The molecule has 1 atom stereocenters. The summed E-state index contributed by atoms with van der Waals surface area (Å²) in [5.74, 6) is 0.890. The lowest BCUT2D eigenvalue weighted by Gasteiger charge is -2.21. The normalized spacial score (nSPS) is 20.5. The van der Waals surface area contributed by atoms with Crippen LogP contribution >= 0.6 is 0 Å². The first-order valence-corrected chi connectivity index (χ1v) is 11.6. The summed E-state index contributed by atoms with van der Waals surface area (Å²) in [6.07, 6.45) is 0.265. The minimum Gasteiger partial charge on any atom is -0.486 e. The van der Waals surface area contributed by atoms with Crippen LogP contribution in [0.3, 0.4) is 0 Å². The molecule has 2 aromatic rings. The Kier molecular flexibility index (Phi) is 4.61. The van der Waals surface area contributed by atoms with Crippen LogP contribution in [0.1, 0.15) is 6.42 Å². The average molecular weight is 409 g/mol. The zero-order valence-electron chi connectivity index (χ0n) is 14.4. The fraction of sp³-hybridized carbons (Fsp3) is 0.333. The maximum atomic E-state index is 13.0. The van der Waals surface area contributed by atoms with Crippen LogP contribution in [-0.2, 0) is 19.9 Å². The number of hydrogen-bond acceptors (Lipinski definition) is 6. The number of fused-ring (bicyclic) bond motifs is 1. The third-order valence-corrected chi connectivity index (χ3v) is 8.82. The van der Waals surface area contributed by atoms with E-state index in [9.17, 15) is 16.8 Å². The third kappa shape index (κ3) is 3.30. The summed E-state index contributed by atoms with van der Waals surface area (Å²) in [6, 6.07) is 12.6. The molecule has 4 rings (SSSR count). The van der Waals surface area contributed by atoms with E-state index in [0.29, 0.717) is 24.7 Å². The van der Waals surface area contributed by atoms with Crippen LogP contribution in [-0.4, -0.2) is 52.7 Å². The number of nitrogens with zero attached hydrogens (tertiary/aromatic N) is 1. The molecule has 1 unspecified atom stereocenters. The smallest absolute Gasteiger partial charge is 0.243 e. The first-order valence-electron chi connectivity index (χ1n) is 8.58. The molecule has 0 bridgehead atoms. The zero-order valence-corrected chi connectivity index (χ0v) is 16.1. The highest BCUT2D eigenvalue weighted by molar-refractivity contribution is 7.92. The molecule has 0 saturated carbocycles. The number of rotatable bonds is 4. The number of sulfone groups is 1. The highest BCUT2D eigenvalue weighted by Gasteiger charge is 2.39. The molecule has 0 N–H and O–H groups in total. The van der Waals surface area contributed by atoms with Crippen LogP contribution < -0.4 is 9.47 Å². The van der Waals surface area contributed by atoms with Crippen molar-refractivity contribution in [3.8, 4) is 11.5 Å². The van der Waals surface area contributed by atoms with Gasteiger partial charge in [-0.05, 0) is 30.7 Å². The monoisotopic (exact) mass is 409 g/mol. The summed E-state index contributed by atoms with van der Waals surface area (Å²) in [5.41, 5.74) is 0. The van der Waals surface area contributed by atoms with Gasteiger partial charge < -0.3 is 9.47 Å². The van der Waals surface area contributed by atoms with Gasteiger partial charge in [-0.15, -0.1) is 0 Å². The number of sulfonamides is 1. The number of ether oxygens (including phenoxy) is 2. The lowest BCUT2D eigenvalue weighted by molar-refractivity contribution is 0.171. The Labute approximate surface area is 158 Å². The van der Waals surface area contributed by atoms with Crippen LogP contribution in [0.5, 0.6) is 11.5 Å². The van der Waals surface area contributed by atoms with E-state index in [1.807, 2.05) is 0 Å². The molecule has 27 heavy (non-hydrogen) atoms. The highest BCUT2D eigenvalue weighted by Crippen LogP contribution is 2.34. The lowest BCUT2D eigenvalue weighted by Crippen LogP contribution is -2.32. The molecule has 1 fully saturated rings. The van der Waals surface area contributed by atoms with Gasteiger partial charge in [-0.1, -0.05) is 18.2 Å². The molecule has 0 spiro atoms. The van der Waals surface area contributed by atoms with Crippen molar-refractivity contribution >= 4 is 19.9 Å². The van der Waals surface area contributed by atoms with Crippen LogP contribution in [0, 0.1) is 0 Å². The van der Waals surface area contributed by atoms with E-state index in [-0.39, 0.29) is 29.3 Å². The Morgan fingerprint density at radius 3 is 2.30 bits per heavy atom. The first kappa shape index (κ1) is 18.3. The molecule has 0 amide bonds. The Morgan fingerprint density at radius 2 is 1.56 bits per heavy atom. The van der Waals surface area contributed by atoms with E-state index in [1.165, 1.54) is 28.6 Å². The Balaban J connectivity index is 1.58. The lowest BCUT2D eigenvalue weighted by atomic mass is 10.3. The van der Waals surface area contributed by atoms with Crippen molar-refractivity contribution in [3.63, 3.8) is 0 Å². The molecule has 0 radical (unpaired) electrons. The van der Waals surface area contributed by atoms with Gasteiger partial charge in [-0.3, -0.25) is 0 Å².